The molecule has 0 fully saturated rings. The smallest absolute Gasteiger partial charge is 0.191 e. The minimum absolute atomic E-state index is 0. The van der Waals surface area contributed by atoms with Gasteiger partial charge >= 0.3 is 0 Å². The van der Waals surface area contributed by atoms with Gasteiger partial charge < -0.3 is 15.6 Å². The van der Waals surface area contributed by atoms with Gasteiger partial charge in [0.1, 0.15) is 11.6 Å². The largest absolute Gasteiger partial charge is 0.361 e. The number of hydrogen-bond donors (Lipinski definition) is 3. The van der Waals surface area contributed by atoms with Crippen molar-refractivity contribution in [3.8, 4) is 6.07 Å². The van der Waals surface area contributed by atoms with Crippen molar-refractivity contribution in [3.05, 3.63) is 70.9 Å². The van der Waals surface area contributed by atoms with E-state index in [2.05, 4.69) is 20.6 Å². The van der Waals surface area contributed by atoms with E-state index in [1.165, 1.54) is 30.3 Å². The molecule has 0 unspecified atom stereocenters. The van der Waals surface area contributed by atoms with Gasteiger partial charge in [-0.25, -0.2) is 8.78 Å². The number of H-pyrrole nitrogens is 1. The van der Waals surface area contributed by atoms with Crippen molar-refractivity contribution >= 4 is 40.8 Å². The van der Waals surface area contributed by atoms with E-state index in [-0.39, 0.29) is 42.2 Å². The molecule has 1 aromatic heterocycles. The molecular formula is C20H20F2IN5. The molecule has 0 saturated carbocycles. The van der Waals surface area contributed by atoms with Gasteiger partial charge in [-0.3, -0.25) is 4.99 Å². The zero-order chi connectivity index (χ0) is 19.2. The number of aromatic nitrogens is 1. The molecule has 0 aliphatic carbocycles. The average Bonchev–Trinajstić information content (AvgIpc) is 3.07. The lowest BCUT2D eigenvalue weighted by molar-refractivity contribution is 0.604. The summed E-state index contributed by atoms with van der Waals surface area (Å²) in [5, 5.41) is 16.1. The van der Waals surface area contributed by atoms with Crippen LogP contribution in [0.4, 0.5) is 8.78 Å². The predicted octanol–water partition coefficient (Wildman–Crippen LogP) is 3.84. The van der Waals surface area contributed by atoms with E-state index >= 15 is 0 Å². The van der Waals surface area contributed by atoms with E-state index in [9.17, 15) is 8.78 Å². The second-order valence-corrected chi connectivity index (χ2v) is 6.02. The fourth-order valence-corrected chi connectivity index (χ4v) is 2.86. The van der Waals surface area contributed by atoms with Crippen molar-refractivity contribution in [2.75, 3.05) is 13.6 Å². The predicted molar refractivity (Wildman–Crippen MR) is 117 cm³/mol. The second-order valence-electron chi connectivity index (χ2n) is 6.02. The van der Waals surface area contributed by atoms with E-state index in [1.54, 1.807) is 13.1 Å². The van der Waals surface area contributed by atoms with Crippen molar-refractivity contribution < 1.29 is 8.78 Å². The van der Waals surface area contributed by atoms with Gasteiger partial charge in [0.2, 0.25) is 0 Å². The Kier molecular flexibility index (Phi) is 7.75. The summed E-state index contributed by atoms with van der Waals surface area (Å²) in [6.45, 7) is 0.818. The topological polar surface area (TPSA) is 76.0 Å². The van der Waals surface area contributed by atoms with Gasteiger partial charge in [0.25, 0.3) is 0 Å². The Morgan fingerprint density at radius 3 is 2.71 bits per heavy atom. The van der Waals surface area contributed by atoms with E-state index < -0.39 is 0 Å². The first-order chi connectivity index (χ1) is 13.1. The molecule has 0 radical (unpaired) electrons. The SMILES string of the molecule is CN=C(NCCc1c[nH]c2cc(F)ccc12)NCc1cc(C#N)ccc1F.I. The Balaban J connectivity index is 0.00000280. The molecule has 5 nitrogen and oxygen atoms in total. The lowest BCUT2D eigenvalue weighted by Crippen LogP contribution is -2.38. The first kappa shape index (κ1) is 21.6. The molecule has 28 heavy (non-hydrogen) atoms. The molecule has 8 heteroatoms. The van der Waals surface area contributed by atoms with Crippen LogP contribution in [0.1, 0.15) is 16.7 Å². The van der Waals surface area contributed by atoms with Crippen molar-refractivity contribution in [3.63, 3.8) is 0 Å². The molecule has 0 spiro atoms. The van der Waals surface area contributed by atoms with Gasteiger partial charge in [-0.15, -0.1) is 24.0 Å². The number of aliphatic imine (C=N–C) groups is 1. The molecule has 0 bridgehead atoms. The van der Waals surface area contributed by atoms with Crippen LogP contribution in [0.3, 0.4) is 0 Å². The third-order valence-electron chi connectivity index (χ3n) is 4.26. The monoisotopic (exact) mass is 495 g/mol. The van der Waals surface area contributed by atoms with Crippen molar-refractivity contribution in [1.29, 1.82) is 5.26 Å². The third-order valence-corrected chi connectivity index (χ3v) is 4.26. The maximum atomic E-state index is 13.8. The first-order valence-corrected chi connectivity index (χ1v) is 8.49. The average molecular weight is 495 g/mol. The van der Waals surface area contributed by atoms with Crippen LogP contribution in [0.5, 0.6) is 0 Å². The number of aromatic amines is 1. The van der Waals surface area contributed by atoms with E-state index in [0.29, 0.717) is 30.1 Å². The second kappa shape index (κ2) is 10.0. The number of guanidine groups is 1. The van der Waals surface area contributed by atoms with Crippen LogP contribution in [0.25, 0.3) is 10.9 Å². The van der Waals surface area contributed by atoms with Crippen LogP contribution in [0.15, 0.2) is 47.6 Å². The lowest BCUT2D eigenvalue weighted by atomic mass is 10.1. The molecule has 2 aromatic carbocycles. The Bertz CT molecular complexity index is 1020. The zero-order valence-electron chi connectivity index (χ0n) is 15.2. The Morgan fingerprint density at radius 1 is 1.14 bits per heavy atom. The van der Waals surface area contributed by atoms with Crippen molar-refractivity contribution in [2.24, 2.45) is 4.99 Å². The molecule has 0 aliphatic heterocycles. The van der Waals surface area contributed by atoms with Gasteiger partial charge in [0.15, 0.2) is 5.96 Å². The van der Waals surface area contributed by atoms with Gasteiger partial charge in [-0.2, -0.15) is 5.26 Å². The number of hydrogen-bond acceptors (Lipinski definition) is 2. The molecule has 0 aliphatic rings. The van der Waals surface area contributed by atoms with Crippen LogP contribution >= 0.6 is 24.0 Å². The Labute approximate surface area is 178 Å². The van der Waals surface area contributed by atoms with Crippen molar-refractivity contribution in [1.82, 2.24) is 15.6 Å². The fourth-order valence-electron chi connectivity index (χ4n) is 2.86. The van der Waals surface area contributed by atoms with Gasteiger partial charge in [-0.05, 0) is 48.4 Å². The minimum atomic E-state index is -0.372. The molecule has 146 valence electrons. The third kappa shape index (κ3) is 5.19. The molecular weight excluding hydrogens is 475 g/mol. The standard InChI is InChI=1S/C20H19F2N5.HI/c1-24-20(27-12-15-8-13(10-23)2-5-18(15)22)25-7-6-14-11-26-19-9-16(21)3-4-17(14)19;/h2-5,8-9,11,26H,6-7,12H2,1H3,(H2,24,25,27);1H. The van der Waals surface area contributed by atoms with Gasteiger partial charge in [0, 0.05) is 42.8 Å². The summed E-state index contributed by atoms with van der Waals surface area (Å²) in [5.41, 5.74) is 2.64. The highest BCUT2D eigenvalue weighted by Gasteiger charge is 2.07. The normalized spacial score (nSPS) is 11.0. The molecule has 3 N–H and O–H groups in total. The number of halogens is 3. The van der Waals surface area contributed by atoms with Gasteiger partial charge in [-0.1, -0.05) is 0 Å². The Morgan fingerprint density at radius 2 is 1.96 bits per heavy atom. The van der Waals surface area contributed by atoms with Crippen LogP contribution in [0.2, 0.25) is 0 Å². The first-order valence-electron chi connectivity index (χ1n) is 8.49. The summed E-state index contributed by atoms with van der Waals surface area (Å²) < 4.78 is 27.1. The van der Waals surface area contributed by atoms with E-state index in [0.717, 1.165) is 16.5 Å². The van der Waals surface area contributed by atoms with Crippen LogP contribution in [0, 0.1) is 23.0 Å². The number of nitrogens with zero attached hydrogens (tertiary/aromatic N) is 2. The maximum Gasteiger partial charge on any atom is 0.191 e. The highest BCUT2D eigenvalue weighted by atomic mass is 127. The van der Waals surface area contributed by atoms with Crippen molar-refractivity contribution in [2.45, 2.75) is 13.0 Å². The quantitative estimate of drug-likeness (QED) is 0.286. The number of rotatable bonds is 5. The molecule has 3 aromatic rings. The van der Waals surface area contributed by atoms with E-state index in [1.807, 2.05) is 12.3 Å². The summed E-state index contributed by atoms with van der Waals surface area (Å²) in [4.78, 5) is 7.18. The zero-order valence-corrected chi connectivity index (χ0v) is 17.6. The summed E-state index contributed by atoms with van der Waals surface area (Å²) >= 11 is 0. The Hall–Kier alpha value is -2.67. The highest BCUT2D eigenvalue weighted by molar-refractivity contribution is 14.0. The molecule has 1 heterocycles. The minimum Gasteiger partial charge on any atom is -0.361 e. The summed E-state index contributed by atoms with van der Waals surface area (Å²) in [6.07, 6.45) is 2.58. The maximum absolute atomic E-state index is 13.8. The molecule has 0 atom stereocenters. The van der Waals surface area contributed by atoms with E-state index in [4.69, 9.17) is 5.26 Å². The number of nitrogens with one attached hydrogen (secondary N) is 3. The number of fused-ring (bicyclic) bond motifs is 1. The molecule has 0 saturated heterocycles. The van der Waals surface area contributed by atoms with Gasteiger partial charge in [0.05, 0.1) is 11.6 Å². The van der Waals surface area contributed by atoms with Crippen LogP contribution < -0.4 is 10.6 Å². The summed E-state index contributed by atoms with van der Waals surface area (Å²) in [5.74, 6) is -0.114. The van der Waals surface area contributed by atoms with Crippen LogP contribution in [-0.2, 0) is 13.0 Å². The summed E-state index contributed by atoms with van der Waals surface area (Å²) in [6, 6.07) is 10.9. The summed E-state index contributed by atoms with van der Waals surface area (Å²) in [7, 11) is 1.63. The molecule has 3 rings (SSSR count). The lowest BCUT2D eigenvalue weighted by Gasteiger charge is -2.12. The molecule has 0 amide bonds. The number of nitriles is 1. The fraction of sp³-hybridized carbons (Fsp3) is 0.200. The number of benzene rings is 2. The highest BCUT2D eigenvalue weighted by Crippen LogP contribution is 2.19. The van der Waals surface area contributed by atoms with Crippen LogP contribution in [-0.4, -0.2) is 24.5 Å².